The van der Waals surface area contributed by atoms with Crippen LogP contribution in [0, 0.1) is 0 Å². The Morgan fingerprint density at radius 2 is 2.00 bits per heavy atom. The van der Waals surface area contributed by atoms with Crippen LogP contribution < -0.4 is 0 Å². The molecule has 0 amide bonds. The minimum Gasteiger partial charge on any atom is -0.294 e. The second kappa shape index (κ2) is 3.53. The Hall–Kier alpha value is -1.17. The van der Waals surface area contributed by atoms with E-state index in [4.69, 9.17) is 11.6 Å². The van der Waals surface area contributed by atoms with Crippen LogP contribution in [0.4, 0.5) is 13.2 Å². The summed E-state index contributed by atoms with van der Waals surface area (Å²) in [6.07, 6.45) is -4.04. The van der Waals surface area contributed by atoms with Gasteiger partial charge in [0.25, 0.3) is 0 Å². The molecule has 1 heterocycles. The van der Waals surface area contributed by atoms with Crippen molar-refractivity contribution in [1.29, 1.82) is 0 Å². The van der Waals surface area contributed by atoms with Crippen molar-refractivity contribution in [1.82, 2.24) is 9.97 Å². The van der Waals surface area contributed by atoms with E-state index in [1.54, 1.807) is 0 Å². The zero-order chi connectivity index (χ0) is 10.9. The van der Waals surface area contributed by atoms with Gasteiger partial charge >= 0.3 is 6.18 Å². The minimum absolute atomic E-state index is 0.486. The topological polar surface area (TPSA) is 42.9 Å². The number of carbonyl (C=O) groups is 1. The van der Waals surface area contributed by atoms with Crippen molar-refractivity contribution in [3.8, 4) is 0 Å². The van der Waals surface area contributed by atoms with Crippen LogP contribution in [0.15, 0.2) is 6.33 Å². The van der Waals surface area contributed by atoms with Crippen molar-refractivity contribution in [2.75, 3.05) is 0 Å². The smallest absolute Gasteiger partial charge is 0.294 e. The van der Waals surface area contributed by atoms with Crippen LogP contribution in [-0.4, -0.2) is 15.8 Å². The summed E-state index contributed by atoms with van der Waals surface area (Å²) in [5.41, 5.74) is -1.99. The van der Waals surface area contributed by atoms with E-state index < -0.39 is 28.4 Å². The fourth-order valence-electron chi connectivity index (χ4n) is 0.891. The lowest BCUT2D eigenvalue weighted by Gasteiger charge is -2.09. The van der Waals surface area contributed by atoms with Crippen LogP contribution in [-0.2, 0) is 6.18 Å². The molecule has 0 bridgehead atoms. The van der Waals surface area contributed by atoms with Gasteiger partial charge in [-0.15, -0.1) is 0 Å². The number of halogens is 4. The molecule has 1 aromatic heterocycles. The van der Waals surface area contributed by atoms with Gasteiger partial charge in [-0.2, -0.15) is 13.2 Å². The number of hydrogen-bond acceptors (Lipinski definition) is 3. The quantitative estimate of drug-likeness (QED) is 0.543. The van der Waals surface area contributed by atoms with Gasteiger partial charge in [0.15, 0.2) is 11.5 Å². The number of hydrogen-bond donors (Lipinski definition) is 0. The molecule has 0 fully saturated rings. The average molecular weight is 225 g/mol. The largest absolute Gasteiger partial charge is 0.434 e. The fraction of sp³-hybridized carbons (Fsp3) is 0.286. The average Bonchev–Trinajstić information content (AvgIpc) is 2.01. The highest BCUT2D eigenvalue weighted by atomic mass is 35.5. The van der Waals surface area contributed by atoms with Crippen LogP contribution in [0.3, 0.4) is 0 Å². The van der Waals surface area contributed by atoms with Crippen molar-refractivity contribution in [3.05, 3.63) is 22.7 Å². The zero-order valence-electron chi connectivity index (χ0n) is 6.89. The SMILES string of the molecule is CC(=O)c1c(Cl)ncnc1C(F)(F)F. The van der Waals surface area contributed by atoms with E-state index in [-0.39, 0.29) is 0 Å². The van der Waals surface area contributed by atoms with Crippen molar-refractivity contribution >= 4 is 17.4 Å². The normalized spacial score (nSPS) is 11.5. The highest BCUT2D eigenvalue weighted by Crippen LogP contribution is 2.32. The lowest BCUT2D eigenvalue weighted by molar-refractivity contribution is -0.141. The predicted molar refractivity (Wildman–Crippen MR) is 42.0 cm³/mol. The number of ketones is 1. The van der Waals surface area contributed by atoms with Gasteiger partial charge in [-0.25, -0.2) is 9.97 Å². The minimum atomic E-state index is -4.70. The molecule has 76 valence electrons. The van der Waals surface area contributed by atoms with Crippen molar-refractivity contribution in [2.45, 2.75) is 13.1 Å². The molecular formula is C7H4ClF3N2O. The third-order valence-electron chi connectivity index (χ3n) is 1.42. The molecule has 0 aliphatic carbocycles. The lowest BCUT2D eigenvalue weighted by Crippen LogP contribution is -2.15. The number of aromatic nitrogens is 2. The molecule has 3 nitrogen and oxygen atoms in total. The van der Waals surface area contributed by atoms with Crippen LogP contribution in [0.25, 0.3) is 0 Å². The molecule has 0 spiro atoms. The second-order valence-corrected chi connectivity index (χ2v) is 2.80. The molecule has 0 aliphatic rings. The summed E-state index contributed by atoms with van der Waals surface area (Å²) < 4.78 is 36.9. The Bertz CT molecular complexity index is 378. The van der Waals surface area contributed by atoms with Gasteiger partial charge in [0.05, 0.1) is 5.56 Å². The first kappa shape index (κ1) is 10.9. The molecule has 1 aromatic rings. The summed E-state index contributed by atoms with van der Waals surface area (Å²) in [4.78, 5) is 17.2. The standard InChI is InChI=1S/C7H4ClF3N2O/c1-3(14)4-5(7(9,10)11)12-2-13-6(4)8/h2H,1H3. The molecular weight excluding hydrogens is 221 g/mol. The fourth-order valence-corrected chi connectivity index (χ4v) is 1.16. The summed E-state index contributed by atoms with van der Waals surface area (Å²) in [7, 11) is 0. The highest BCUT2D eigenvalue weighted by molar-refractivity contribution is 6.32. The van der Waals surface area contributed by atoms with Crippen molar-refractivity contribution in [3.63, 3.8) is 0 Å². The summed E-state index contributed by atoms with van der Waals surface area (Å²) in [5.74, 6) is -0.817. The number of rotatable bonds is 1. The zero-order valence-corrected chi connectivity index (χ0v) is 7.65. The van der Waals surface area contributed by atoms with E-state index in [0.29, 0.717) is 6.33 Å². The molecule has 0 saturated heterocycles. The molecule has 0 unspecified atom stereocenters. The Morgan fingerprint density at radius 1 is 1.43 bits per heavy atom. The monoisotopic (exact) mass is 224 g/mol. The summed E-state index contributed by atoms with van der Waals surface area (Å²) >= 11 is 5.36. The van der Waals surface area contributed by atoms with Crippen molar-refractivity contribution < 1.29 is 18.0 Å². The van der Waals surface area contributed by atoms with Gasteiger partial charge in [0.2, 0.25) is 0 Å². The molecule has 14 heavy (non-hydrogen) atoms. The Labute approximate surface area is 81.9 Å². The van der Waals surface area contributed by atoms with Crippen LogP contribution >= 0.6 is 11.6 Å². The molecule has 0 radical (unpaired) electrons. The van der Waals surface area contributed by atoms with E-state index in [9.17, 15) is 18.0 Å². The third-order valence-corrected chi connectivity index (χ3v) is 1.71. The molecule has 1 rings (SSSR count). The van der Waals surface area contributed by atoms with E-state index >= 15 is 0 Å². The Morgan fingerprint density at radius 3 is 2.36 bits per heavy atom. The maximum atomic E-state index is 12.3. The molecule has 0 atom stereocenters. The molecule has 0 aliphatic heterocycles. The first-order chi connectivity index (χ1) is 6.34. The molecule has 7 heteroatoms. The van der Waals surface area contributed by atoms with Gasteiger partial charge in [-0.3, -0.25) is 4.79 Å². The van der Waals surface area contributed by atoms with Gasteiger partial charge in [-0.1, -0.05) is 11.6 Å². The lowest BCUT2D eigenvalue weighted by atomic mass is 10.1. The molecule has 0 N–H and O–H groups in total. The van der Waals surface area contributed by atoms with Gasteiger partial charge in [0.1, 0.15) is 11.5 Å². The summed E-state index contributed by atoms with van der Waals surface area (Å²) in [5, 5.41) is -0.486. The number of alkyl halides is 3. The first-order valence-electron chi connectivity index (χ1n) is 3.42. The van der Waals surface area contributed by atoms with Gasteiger partial charge in [0, 0.05) is 0 Å². The first-order valence-corrected chi connectivity index (χ1v) is 3.80. The highest BCUT2D eigenvalue weighted by Gasteiger charge is 2.37. The Balaban J connectivity index is 3.44. The maximum Gasteiger partial charge on any atom is 0.434 e. The van der Waals surface area contributed by atoms with Crippen LogP contribution in [0.1, 0.15) is 23.0 Å². The summed E-state index contributed by atoms with van der Waals surface area (Å²) in [6.45, 7) is 0.972. The second-order valence-electron chi connectivity index (χ2n) is 2.44. The van der Waals surface area contributed by atoms with E-state index in [1.807, 2.05) is 0 Å². The van der Waals surface area contributed by atoms with E-state index in [2.05, 4.69) is 9.97 Å². The van der Waals surface area contributed by atoms with Crippen LogP contribution in [0.5, 0.6) is 0 Å². The number of carbonyl (C=O) groups excluding carboxylic acids is 1. The molecule has 0 aromatic carbocycles. The number of Topliss-reactive ketones (excluding diaryl/α,β-unsaturated/α-hetero) is 1. The maximum absolute atomic E-state index is 12.3. The van der Waals surface area contributed by atoms with Gasteiger partial charge < -0.3 is 0 Å². The molecule has 0 saturated carbocycles. The predicted octanol–water partition coefficient (Wildman–Crippen LogP) is 2.35. The Kier molecular flexibility index (Phi) is 2.75. The number of nitrogens with zero attached hydrogens (tertiary/aromatic N) is 2. The summed E-state index contributed by atoms with van der Waals surface area (Å²) in [6, 6.07) is 0. The van der Waals surface area contributed by atoms with Crippen molar-refractivity contribution in [2.24, 2.45) is 0 Å². The van der Waals surface area contributed by atoms with Crippen LogP contribution in [0.2, 0.25) is 5.15 Å². The van der Waals surface area contributed by atoms with Gasteiger partial charge in [-0.05, 0) is 6.92 Å². The van der Waals surface area contributed by atoms with E-state index in [1.165, 1.54) is 0 Å². The third kappa shape index (κ3) is 2.01. The van der Waals surface area contributed by atoms with E-state index in [0.717, 1.165) is 6.92 Å².